The van der Waals surface area contributed by atoms with Gasteiger partial charge in [0.25, 0.3) is 5.91 Å². The summed E-state index contributed by atoms with van der Waals surface area (Å²) in [5.74, 6) is 1.80. The van der Waals surface area contributed by atoms with E-state index in [4.69, 9.17) is 9.53 Å². The molecule has 1 N–H and O–H groups in total. The van der Waals surface area contributed by atoms with Crippen LogP contribution < -0.4 is 15.0 Å². The summed E-state index contributed by atoms with van der Waals surface area (Å²) in [5.41, 5.74) is 0.745. The van der Waals surface area contributed by atoms with Crippen LogP contribution in [0.4, 0.5) is 18.9 Å². The molecule has 2 bridgehead atoms. The Morgan fingerprint density at radius 1 is 1.14 bits per heavy atom. The van der Waals surface area contributed by atoms with Gasteiger partial charge in [-0.1, -0.05) is 13.3 Å². The molecule has 1 saturated heterocycles. The van der Waals surface area contributed by atoms with Crippen molar-refractivity contribution < 1.29 is 37.0 Å². The summed E-state index contributed by atoms with van der Waals surface area (Å²) in [7, 11) is 3.25. The lowest BCUT2D eigenvalue weighted by Crippen LogP contribution is -2.54. The number of morpholine rings is 1. The van der Waals surface area contributed by atoms with E-state index in [9.17, 15) is 18.0 Å². The molecule has 0 radical (unpaired) electrons. The van der Waals surface area contributed by atoms with Crippen molar-refractivity contribution in [3.63, 3.8) is 0 Å². The number of benzene rings is 1. The zero-order chi connectivity index (χ0) is 26.7. The van der Waals surface area contributed by atoms with E-state index < -0.39 is 12.5 Å². The molecule has 2 saturated carbocycles. The van der Waals surface area contributed by atoms with E-state index in [0.29, 0.717) is 25.6 Å². The lowest BCUT2D eigenvalue weighted by molar-refractivity contribution is -0.274. The van der Waals surface area contributed by atoms with Gasteiger partial charge in [-0.2, -0.15) is 0 Å². The molecule has 1 aromatic carbocycles. The van der Waals surface area contributed by atoms with Gasteiger partial charge in [0.2, 0.25) is 0 Å². The number of halogens is 3. The minimum Gasteiger partial charge on any atom is -0.406 e. The second-order valence-electron chi connectivity index (χ2n) is 9.56. The maximum atomic E-state index is 13.0. The predicted molar refractivity (Wildman–Crippen MR) is 131 cm³/mol. The van der Waals surface area contributed by atoms with Gasteiger partial charge in [-0.25, -0.2) is 0 Å². The highest BCUT2D eigenvalue weighted by Crippen LogP contribution is 2.43. The number of ether oxygens (including phenoxy) is 3. The highest BCUT2D eigenvalue weighted by atomic mass is 19.4. The first-order valence-electron chi connectivity index (χ1n) is 12.4. The topological polar surface area (TPSA) is 77.1 Å². The average molecular weight is 517 g/mol. The number of hydrogen-bond acceptors (Lipinski definition) is 6. The van der Waals surface area contributed by atoms with Gasteiger partial charge >= 0.3 is 6.36 Å². The second kappa shape index (κ2) is 14.4. The third kappa shape index (κ3) is 8.96. The van der Waals surface area contributed by atoms with Crippen molar-refractivity contribution in [2.24, 2.45) is 17.8 Å². The molecule has 10 heteroatoms. The number of rotatable bonds is 5. The number of carbonyl (C=O) groups excluding carboxylic acids is 2. The van der Waals surface area contributed by atoms with Gasteiger partial charge in [-0.3, -0.25) is 4.79 Å². The molecule has 3 aliphatic rings. The van der Waals surface area contributed by atoms with Crippen LogP contribution in [0, 0.1) is 17.8 Å². The average Bonchev–Trinajstić information content (AvgIpc) is 2.87. The first-order valence-corrected chi connectivity index (χ1v) is 12.4. The monoisotopic (exact) mass is 516 g/mol. The molecule has 0 aromatic heterocycles. The Morgan fingerprint density at radius 2 is 1.81 bits per heavy atom. The van der Waals surface area contributed by atoms with E-state index in [2.05, 4.69) is 21.7 Å². The molecule has 1 amide bonds. The molecule has 7 nitrogen and oxygen atoms in total. The van der Waals surface area contributed by atoms with Crippen LogP contribution in [0.25, 0.3) is 0 Å². The van der Waals surface area contributed by atoms with Crippen molar-refractivity contribution in [2.75, 3.05) is 38.8 Å². The molecular weight excluding hydrogens is 477 g/mol. The predicted octanol–water partition coefficient (Wildman–Crippen LogP) is 4.59. The van der Waals surface area contributed by atoms with Gasteiger partial charge in [0, 0.05) is 32.5 Å². The number of fused-ring (bicyclic) bond motifs is 2. The van der Waals surface area contributed by atoms with Gasteiger partial charge in [-0.05, 0) is 74.1 Å². The number of amides is 1. The molecule has 4 rings (SSSR count). The van der Waals surface area contributed by atoms with Crippen LogP contribution >= 0.6 is 0 Å². The van der Waals surface area contributed by atoms with Crippen LogP contribution in [-0.4, -0.2) is 65.1 Å². The number of carbonyl (C=O) groups is 2. The molecule has 1 heterocycles. The molecule has 5 atom stereocenters. The summed E-state index contributed by atoms with van der Waals surface area (Å²) < 4.78 is 51.0. The quantitative estimate of drug-likeness (QED) is 0.617. The van der Waals surface area contributed by atoms with Crippen molar-refractivity contribution in [1.29, 1.82) is 0 Å². The Labute approximate surface area is 211 Å². The summed E-state index contributed by atoms with van der Waals surface area (Å²) in [4.78, 5) is 22.9. The SMILES string of the molecule is C=O.CCC1CC2CC[C@H](NC(=O)C3CN(c4ccc(OC(F)(F)F)cc4)CCO3)C(C1)C2.COC. The largest absolute Gasteiger partial charge is 0.573 e. The van der Waals surface area contributed by atoms with Crippen molar-refractivity contribution in [2.45, 2.75) is 64.0 Å². The lowest BCUT2D eigenvalue weighted by Gasteiger charge is -2.44. The Morgan fingerprint density at radius 3 is 2.42 bits per heavy atom. The van der Waals surface area contributed by atoms with E-state index in [1.807, 2.05) is 11.7 Å². The summed E-state index contributed by atoms with van der Waals surface area (Å²) in [6.45, 7) is 5.61. The van der Waals surface area contributed by atoms with E-state index in [1.165, 1.54) is 44.2 Å². The van der Waals surface area contributed by atoms with Crippen LogP contribution in [0.1, 0.15) is 45.4 Å². The van der Waals surface area contributed by atoms with Crippen LogP contribution in [0.15, 0.2) is 24.3 Å². The lowest BCUT2D eigenvalue weighted by atomic mass is 9.65. The minimum atomic E-state index is -4.71. The summed E-state index contributed by atoms with van der Waals surface area (Å²) in [6.07, 6.45) is 1.88. The Kier molecular flexibility index (Phi) is 12.0. The normalized spacial score (nSPS) is 27.5. The number of alkyl halides is 3. The van der Waals surface area contributed by atoms with Crippen molar-refractivity contribution >= 4 is 18.4 Å². The fourth-order valence-corrected chi connectivity index (χ4v) is 5.53. The van der Waals surface area contributed by atoms with Gasteiger partial charge in [0.05, 0.1) is 13.2 Å². The molecule has 4 unspecified atom stereocenters. The smallest absolute Gasteiger partial charge is 0.406 e. The Hall–Kier alpha value is -2.33. The van der Waals surface area contributed by atoms with E-state index in [0.717, 1.165) is 23.9 Å². The van der Waals surface area contributed by atoms with Crippen LogP contribution in [0.3, 0.4) is 0 Å². The van der Waals surface area contributed by atoms with Crippen LogP contribution in [-0.2, 0) is 19.1 Å². The fraction of sp³-hybridized carbons (Fsp3) is 0.692. The molecule has 1 aliphatic heterocycles. The minimum absolute atomic E-state index is 0.0798. The third-order valence-corrected chi connectivity index (χ3v) is 7.09. The molecular formula is C26H39F3N2O5. The first-order chi connectivity index (χ1) is 17.2. The zero-order valence-corrected chi connectivity index (χ0v) is 21.4. The van der Waals surface area contributed by atoms with Gasteiger partial charge < -0.3 is 29.2 Å². The van der Waals surface area contributed by atoms with E-state index in [1.54, 1.807) is 26.4 Å². The summed E-state index contributed by atoms with van der Waals surface area (Å²) in [6, 6.07) is 5.96. The molecule has 204 valence electrons. The third-order valence-electron chi connectivity index (χ3n) is 7.09. The Bertz CT molecular complexity index is 793. The zero-order valence-electron chi connectivity index (χ0n) is 21.4. The van der Waals surface area contributed by atoms with Crippen LogP contribution in [0.5, 0.6) is 5.75 Å². The number of hydrogen-bond donors (Lipinski definition) is 1. The number of anilines is 1. The fourth-order valence-electron chi connectivity index (χ4n) is 5.53. The van der Waals surface area contributed by atoms with Crippen molar-refractivity contribution in [1.82, 2.24) is 5.32 Å². The van der Waals surface area contributed by atoms with Crippen LogP contribution in [0.2, 0.25) is 0 Å². The van der Waals surface area contributed by atoms with Gasteiger partial charge in [0.15, 0.2) is 6.10 Å². The number of nitrogens with one attached hydrogen (secondary N) is 1. The maximum absolute atomic E-state index is 13.0. The van der Waals surface area contributed by atoms with E-state index in [-0.39, 0.29) is 17.7 Å². The van der Waals surface area contributed by atoms with Crippen molar-refractivity contribution in [3.8, 4) is 5.75 Å². The molecule has 3 fully saturated rings. The number of nitrogens with zero attached hydrogens (tertiary/aromatic N) is 1. The Balaban J connectivity index is 0.000000850. The second-order valence-corrected chi connectivity index (χ2v) is 9.56. The molecule has 2 aliphatic carbocycles. The number of methoxy groups -OCH3 is 1. The first kappa shape index (κ1) is 29.9. The van der Waals surface area contributed by atoms with Crippen molar-refractivity contribution in [3.05, 3.63) is 24.3 Å². The maximum Gasteiger partial charge on any atom is 0.573 e. The highest BCUT2D eigenvalue weighted by Gasteiger charge is 2.39. The van der Waals surface area contributed by atoms with Gasteiger partial charge in [0.1, 0.15) is 12.5 Å². The summed E-state index contributed by atoms with van der Waals surface area (Å²) >= 11 is 0. The van der Waals surface area contributed by atoms with Gasteiger partial charge in [-0.15, -0.1) is 13.2 Å². The standard InChI is InChI=1S/C23H31F3N2O3.C2H6O.CH2O/c1-2-15-11-16-3-8-20(17(12-15)13-16)27-22(29)21-14-28(9-10-30-21)18-4-6-19(7-5-18)31-23(24,25)26;1-3-2;1-2/h4-7,15-17,20-21H,2-3,8-14H2,1H3,(H,27,29);1-2H3;1H2/t15?,16?,17?,20-,21?;;/m0../s1. The molecule has 0 spiro atoms. The van der Waals surface area contributed by atoms with E-state index >= 15 is 0 Å². The molecule has 36 heavy (non-hydrogen) atoms. The summed E-state index contributed by atoms with van der Waals surface area (Å²) in [5, 5.41) is 3.26. The highest BCUT2D eigenvalue weighted by molar-refractivity contribution is 5.82. The molecule has 1 aromatic rings.